The van der Waals surface area contributed by atoms with Gasteiger partial charge in [0.25, 0.3) is 5.69 Å². The molecule has 11 nitrogen and oxygen atoms in total. The summed E-state index contributed by atoms with van der Waals surface area (Å²) in [5.41, 5.74) is 1.56. The molecular formula is C21H22N6O5S. The summed E-state index contributed by atoms with van der Waals surface area (Å²) in [6.45, 7) is 3.96. The van der Waals surface area contributed by atoms with Crippen LogP contribution in [0.2, 0.25) is 0 Å². The van der Waals surface area contributed by atoms with Gasteiger partial charge in [-0.3, -0.25) is 19.7 Å². The van der Waals surface area contributed by atoms with Crippen molar-refractivity contribution in [2.45, 2.75) is 25.5 Å². The van der Waals surface area contributed by atoms with Crippen LogP contribution in [0.4, 0.5) is 17.1 Å². The Kier molecular flexibility index (Phi) is 7.61. The summed E-state index contributed by atoms with van der Waals surface area (Å²) in [7, 11) is 1.42. The SMILES string of the molecule is CCn1c(SCC(=O)Nc2cc([N+](=O)[O-])ccc2OC)nnc1-c1ccc(NC(C)=O)cc1. The van der Waals surface area contributed by atoms with Crippen LogP contribution in [0.3, 0.4) is 0 Å². The van der Waals surface area contributed by atoms with E-state index in [0.29, 0.717) is 29.0 Å². The quantitative estimate of drug-likeness (QED) is 0.275. The van der Waals surface area contributed by atoms with Crippen LogP contribution in [-0.4, -0.2) is 44.4 Å². The molecule has 0 aliphatic rings. The van der Waals surface area contributed by atoms with Gasteiger partial charge in [-0.15, -0.1) is 10.2 Å². The van der Waals surface area contributed by atoms with Crippen LogP contribution < -0.4 is 15.4 Å². The molecule has 2 N–H and O–H groups in total. The van der Waals surface area contributed by atoms with Gasteiger partial charge in [0.05, 0.1) is 23.5 Å². The summed E-state index contributed by atoms with van der Waals surface area (Å²) in [5, 5.41) is 25.4. The molecule has 2 aromatic carbocycles. The number of carbonyl (C=O) groups excluding carboxylic acids is 2. The largest absolute Gasteiger partial charge is 0.495 e. The van der Waals surface area contributed by atoms with Gasteiger partial charge in [-0.1, -0.05) is 11.8 Å². The van der Waals surface area contributed by atoms with Gasteiger partial charge in [-0.2, -0.15) is 0 Å². The molecule has 0 radical (unpaired) electrons. The van der Waals surface area contributed by atoms with Crippen molar-refractivity contribution in [3.05, 3.63) is 52.6 Å². The molecule has 0 aliphatic heterocycles. The normalized spacial score (nSPS) is 10.5. The zero-order valence-corrected chi connectivity index (χ0v) is 19.0. The van der Waals surface area contributed by atoms with Crippen molar-refractivity contribution in [2.24, 2.45) is 0 Å². The molecule has 33 heavy (non-hydrogen) atoms. The molecule has 0 unspecified atom stereocenters. The third-order valence-corrected chi connectivity index (χ3v) is 5.46. The summed E-state index contributed by atoms with van der Waals surface area (Å²) in [4.78, 5) is 34.1. The molecule has 3 aromatic rings. The highest BCUT2D eigenvalue weighted by Crippen LogP contribution is 2.30. The van der Waals surface area contributed by atoms with Crippen molar-refractivity contribution in [2.75, 3.05) is 23.5 Å². The van der Waals surface area contributed by atoms with E-state index < -0.39 is 4.92 Å². The van der Waals surface area contributed by atoms with Crippen LogP contribution in [0.5, 0.6) is 5.75 Å². The summed E-state index contributed by atoms with van der Waals surface area (Å²) in [5.74, 6) is 0.450. The highest BCUT2D eigenvalue weighted by atomic mass is 32.2. The maximum Gasteiger partial charge on any atom is 0.271 e. The lowest BCUT2D eigenvalue weighted by molar-refractivity contribution is -0.384. The van der Waals surface area contributed by atoms with Crippen molar-refractivity contribution in [3.63, 3.8) is 0 Å². The molecule has 0 fully saturated rings. The number of hydrogen-bond acceptors (Lipinski definition) is 8. The van der Waals surface area contributed by atoms with Crippen molar-refractivity contribution < 1.29 is 19.2 Å². The molecule has 1 aromatic heterocycles. The Morgan fingerprint density at radius 3 is 2.48 bits per heavy atom. The number of carbonyl (C=O) groups is 2. The predicted octanol–water partition coefficient (Wildman–Crippen LogP) is 3.57. The number of non-ortho nitro benzene ring substituents is 1. The lowest BCUT2D eigenvalue weighted by Crippen LogP contribution is -2.15. The van der Waals surface area contributed by atoms with Gasteiger partial charge in [0.2, 0.25) is 11.8 Å². The predicted molar refractivity (Wildman–Crippen MR) is 124 cm³/mol. The second kappa shape index (κ2) is 10.6. The highest BCUT2D eigenvalue weighted by molar-refractivity contribution is 7.99. The smallest absolute Gasteiger partial charge is 0.271 e. The summed E-state index contributed by atoms with van der Waals surface area (Å²) >= 11 is 1.20. The van der Waals surface area contributed by atoms with E-state index >= 15 is 0 Å². The van der Waals surface area contributed by atoms with Crippen LogP contribution in [0.15, 0.2) is 47.6 Å². The Morgan fingerprint density at radius 2 is 1.88 bits per heavy atom. The average Bonchev–Trinajstić information content (AvgIpc) is 3.20. The second-order valence-corrected chi connectivity index (χ2v) is 7.73. The molecule has 0 aliphatic carbocycles. The average molecular weight is 471 g/mol. The van der Waals surface area contributed by atoms with E-state index in [2.05, 4.69) is 20.8 Å². The number of nitro groups is 1. The molecule has 0 atom stereocenters. The molecule has 2 amide bonds. The Hall–Kier alpha value is -3.93. The van der Waals surface area contributed by atoms with Gasteiger partial charge in [-0.05, 0) is 37.3 Å². The Morgan fingerprint density at radius 1 is 1.15 bits per heavy atom. The molecule has 0 saturated heterocycles. The fourth-order valence-corrected chi connectivity index (χ4v) is 3.83. The number of thioether (sulfide) groups is 1. The minimum Gasteiger partial charge on any atom is -0.495 e. The number of hydrogen-bond donors (Lipinski definition) is 2. The first-order valence-corrected chi connectivity index (χ1v) is 10.9. The molecule has 3 rings (SSSR count). The highest BCUT2D eigenvalue weighted by Gasteiger charge is 2.17. The lowest BCUT2D eigenvalue weighted by Gasteiger charge is -2.10. The van der Waals surface area contributed by atoms with E-state index in [-0.39, 0.29) is 28.9 Å². The monoisotopic (exact) mass is 470 g/mol. The fraction of sp³-hybridized carbons (Fsp3) is 0.238. The van der Waals surface area contributed by atoms with E-state index in [1.807, 2.05) is 23.6 Å². The molecule has 0 saturated carbocycles. The third-order valence-electron chi connectivity index (χ3n) is 4.50. The van der Waals surface area contributed by atoms with Crippen LogP contribution in [-0.2, 0) is 16.1 Å². The van der Waals surface area contributed by atoms with Gasteiger partial charge in [0.1, 0.15) is 5.75 Å². The number of nitro benzene ring substituents is 1. The van der Waals surface area contributed by atoms with Crippen LogP contribution in [0, 0.1) is 10.1 Å². The van der Waals surface area contributed by atoms with E-state index in [1.54, 1.807) is 12.1 Å². The van der Waals surface area contributed by atoms with Gasteiger partial charge in [0, 0.05) is 36.9 Å². The summed E-state index contributed by atoms with van der Waals surface area (Å²) in [6, 6.07) is 11.2. The molecular weight excluding hydrogens is 448 g/mol. The second-order valence-electron chi connectivity index (χ2n) is 6.79. The van der Waals surface area contributed by atoms with E-state index in [0.717, 1.165) is 5.56 Å². The van der Waals surface area contributed by atoms with Crippen LogP contribution in [0.1, 0.15) is 13.8 Å². The summed E-state index contributed by atoms with van der Waals surface area (Å²) < 4.78 is 7.04. The van der Waals surface area contributed by atoms with Crippen molar-refractivity contribution in [1.82, 2.24) is 14.8 Å². The van der Waals surface area contributed by atoms with Crippen molar-refractivity contribution in [3.8, 4) is 17.1 Å². The molecule has 172 valence electrons. The maximum absolute atomic E-state index is 12.5. The molecule has 12 heteroatoms. The standard InChI is InChI=1S/C21H22N6O5S/c1-4-26-20(14-5-7-15(8-6-14)22-13(2)28)24-25-21(26)33-12-19(29)23-17-11-16(27(30)31)9-10-18(17)32-3/h5-11H,4,12H2,1-3H3,(H,22,28)(H,23,29). The molecule has 0 bridgehead atoms. The topological polar surface area (TPSA) is 141 Å². The van der Waals surface area contributed by atoms with Crippen LogP contribution in [0.25, 0.3) is 11.4 Å². The maximum atomic E-state index is 12.5. The minimum absolute atomic E-state index is 0.0193. The fourth-order valence-electron chi connectivity index (χ4n) is 3.02. The zero-order valence-electron chi connectivity index (χ0n) is 18.2. The van der Waals surface area contributed by atoms with E-state index in [1.165, 1.54) is 44.0 Å². The third kappa shape index (κ3) is 5.86. The minimum atomic E-state index is -0.544. The van der Waals surface area contributed by atoms with Gasteiger partial charge in [-0.25, -0.2) is 0 Å². The number of aromatic nitrogens is 3. The van der Waals surface area contributed by atoms with Gasteiger partial charge < -0.3 is 19.9 Å². The number of methoxy groups -OCH3 is 1. The number of benzene rings is 2. The lowest BCUT2D eigenvalue weighted by atomic mass is 10.2. The van der Waals surface area contributed by atoms with E-state index in [9.17, 15) is 19.7 Å². The molecule has 0 spiro atoms. The van der Waals surface area contributed by atoms with Gasteiger partial charge in [0.15, 0.2) is 11.0 Å². The molecule has 1 heterocycles. The van der Waals surface area contributed by atoms with Crippen molar-refractivity contribution in [1.29, 1.82) is 0 Å². The van der Waals surface area contributed by atoms with E-state index in [4.69, 9.17) is 4.74 Å². The number of rotatable bonds is 9. The first-order chi connectivity index (χ1) is 15.8. The number of amides is 2. The zero-order chi connectivity index (χ0) is 24.0. The Labute approximate surface area is 193 Å². The summed E-state index contributed by atoms with van der Waals surface area (Å²) in [6.07, 6.45) is 0. The number of nitrogens with zero attached hydrogens (tertiary/aromatic N) is 4. The van der Waals surface area contributed by atoms with Crippen LogP contribution >= 0.6 is 11.8 Å². The van der Waals surface area contributed by atoms with Gasteiger partial charge >= 0.3 is 0 Å². The number of ether oxygens (including phenoxy) is 1. The number of anilines is 2. The first kappa shape index (κ1) is 23.7. The Bertz CT molecular complexity index is 1180. The number of nitrogens with one attached hydrogen (secondary N) is 2. The first-order valence-electron chi connectivity index (χ1n) is 9.88. The van der Waals surface area contributed by atoms with Crippen molar-refractivity contribution >= 4 is 40.6 Å². The Balaban J connectivity index is 1.70.